The van der Waals surface area contributed by atoms with Gasteiger partial charge >= 0.3 is 6.09 Å². The zero-order valence-electron chi connectivity index (χ0n) is 4.48. The van der Waals surface area contributed by atoms with Crippen LogP contribution in [0.1, 0.15) is 0 Å². The van der Waals surface area contributed by atoms with E-state index in [2.05, 4.69) is 11.8 Å². The summed E-state index contributed by atoms with van der Waals surface area (Å²) in [7, 11) is -0.247. The van der Waals surface area contributed by atoms with E-state index in [-0.39, 0.29) is 7.36 Å². The van der Waals surface area contributed by atoms with Crippen molar-refractivity contribution in [2.24, 2.45) is 5.14 Å². The van der Waals surface area contributed by atoms with Gasteiger partial charge in [0.25, 0.3) is 0 Å². The maximum Gasteiger partial charge on any atom is 0.418 e. The molecule has 0 aromatic heterocycles. The zero-order valence-corrected chi connectivity index (χ0v) is 7.27. The monoisotopic (exact) mass is 186 g/mol. The Labute approximate surface area is 63.5 Å². The predicted molar refractivity (Wildman–Crippen MR) is 43.6 cm³/mol. The van der Waals surface area contributed by atoms with Gasteiger partial charge in [-0.2, -0.15) is 0 Å². The molecule has 0 rings (SSSR count). The maximum absolute atomic E-state index is 10.1. The molecule has 0 aromatic carbocycles. The number of amides is 1. The summed E-state index contributed by atoms with van der Waals surface area (Å²) < 4.78 is 1.02. The minimum Gasteiger partial charge on any atom is -0.464 e. The quantitative estimate of drug-likeness (QED) is 0.490. The van der Waals surface area contributed by atoms with E-state index in [1.54, 1.807) is 0 Å². The first-order chi connectivity index (χ1) is 4.22. The molecule has 0 fully saturated rings. The molecule has 0 heterocycles. The largest absolute Gasteiger partial charge is 0.464 e. The molecule has 0 radical (unpaired) electrons. The lowest BCUT2D eigenvalue weighted by atomic mass is 11.1. The number of rotatable bonds is 3. The van der Waals surface area contributed by atoms with Crippen molar-refractivity contribution in [1.82, 2.24) is 4.31 Å². The van der Waals surface area contributed by atoms with Gasteiger partial charge in [-0.15, -0.1) is 11.8 Å². The van der Waals surface area contributed by atoms with Crippen LogP contribution in [0.2, 0.25) is 0 Å². The van der Waals surface area contributed by atoms with Crippen molar-refractivity contribution in [3.05, 3.63) is 0 Å². The average Bonchev–Trinajstić information content (AvgIpc) is 1.82. The Bertz CT molecular complexity index is 121. The van der Waals surface area contributed by atoms with Gasteiger partial charge in [0, 0.05) is 12.1 Å². The van der Waals surface area contributed by atoms with Crippen molar-refractivity contribution < 1.29 is 9.90 Å². The fraction of sp³-hybridized carbons (Fsp3) is 0.500. The summed E-state index contributed by atoms with van der Waals surface area (Å²) in [5.41, 5.74) is 0. The van der Waals surface area contributed by atoms with E-state index < -0.39 is 6.09 Å². The van der Waals surface area contributed by atoms with Crippen LogP contribution < -0.4 is 5.14 Å². The Morgan fingerprint density at radius 3 is 2.67 bits per heavy atom. The van der Waals surface area contributed by atoms with Crippen LogP contribution in [0.5, 0.6) is 0 Å². The van der Waals surface area contributed by atoms with E-state index in [1.807, 2.05) is 0 Å². The molecule has 0 spiro atoms. The highest BCUT2D eigenvalue weighted by atomic mass is 32.4. The summed E-state index contributed by atoms with van der Waals surface area (Å²) in [4.78, 5) is 10.1. The minimum atomic E-state index is -1.03. The van der Waals surface area contributed by atoms with E-state index in [0.29, 0.717) is 18.4 Å². The third-order valence-electron chi connectivity index (χ3n) is 0.581. The molecule has 0 saturated heterocycles. The summed E-state index contributed by atoms with van der Waals surface area (Å²) in [5, 5.41) is 13.3. The van der Waals surface area contributed by atoms with Gasteiger partial charge < -0.3 is 5.11 Å². The molecule has 7 heteroatoms. The molecule has 54 valence electrons. The minimum absolute atomic E-state index is 0.247. The molecular weight excluding hydrogens is 179 g/mol. The fourth-order valence-corrected chi connectivity index (χ4v) is 1.91. The number of nitrogens with two attached hydrogens (primary N) is 1. The molecule has 0 saturated carbocycles. The third kappa shape index (κ3) is 3.75. The van der Waals surface area contributed by atoms with Gasteiger partial charge in [-0.3, -0.25) is 5.14 Å². The van der Waals surface area contributed by atoms with Crippen molar-refractivity contribution in [2.75, 3.05) is 6.29 Å². The SMILES string of the molecule is NSN(C[PH2]=S)C(=O)O. The van der Waals surface area contributed by atoms with Crippen LogP contribution in [-0.4, -0.2) is 21.8 Å². The third-order valence-corrected chi connectivity index (χ3v) is 2.37. The lowest BCUT2D eigenvalue weighted by Gasteiger charge is -2.10. The summed E-state index contributed by atoms with van der Waals surface area (Å²) >= 11 is 5.31. The Hall–Kier alpha value is 0.230. The van der Waals surface area contributed by atoms with Crippen LogP contribution in [-0.2, 0) is 11.8 Å². The highest BCUT2D eigenvalue weighted by Crippen LogP contribution is 2.06. The molecule has 0 aliphatic heterocycles. The van der Waals surface area contributed by atoms with Crippen LogP contribution in [0.4, 0.5) is 4.79 Å². The smallest absolute Gasteiger partial charge is 0.418 e. The Morgan fingerprint density at radius 2 is 2.56 bits per heavy atom. The van der Waals surface area contributed by atoms with Crippen molar-refractivity contribution in [2.45, 2.75) is 0 Å². The van der Waals surface area contributed by atoms with Crippen LogP contribution in [0.25, 0.3) is 0 Å². The Kier molecular flexibility index (Phi) is 5.18. The second-order valence-corrected chi connectivity index (χ2v) is 3.47. The maximum atomic E-state index is 10.1. The molecule has 0 aliphatic rings. The molecule has 0 aliphatic carbocycles. The van der Waals surface area contributed by atoms with Crippen molar-refractivity contribution >= 4 is 37.4 Å². The van der Waals surface area contributed by atoms with E-state index in [0.717, 1.165) is 4.31 Å². The number of carboxylic acid groups (broad SMARTS) is 1. The van der Waals surface area contributed by atoms with Crippen LogP contribution in [0, 0.1) is 0 Å². The van der Waals surface area contributed by atoms with Gasteiger partial charge in [0.1, 0.15) is 0 Å². The van der Waals surface area contributed by atoms with Crippen LogP contribution >= 0.6 is 19.5 Å². The van der Waals surface area contributed by atoms with Gasteiger partial charge in [-0.05, 0) is 7.36 Å². The Morgan fingerprint density at radius 1 is 2.00 bits per heavy atom. The molecule has 9 heavy (non-hydrogen) atoms. The lowest BCUT2D eigenvalue weighted by Crippen LogP contribution is -2.22. The average molecular weight is 186 g/mol. The molecule has 4 nitrogen and oxygen atoms in total. The van der Waals surface area contributed by atoms with Gasteiger partial charge in [0.15, 0.2) is 0 Å². The van der Waals surface area contributed by atoms with E-state index in [9.17, 15) is 4.79 Å². The summed E-state index contributed by atoms with van der Waals surface area (Å²) in [6.07, 6.45) is -0.647. The molecule has 1 amide bonds. The number of carbonyl (C=O) groups is 1. The normalized spacial score (nSPS) is 10.3. The van der Waals surface area contributed by atoms with Crippen LogP contribution in [0.3, 0.4) is 0 Å². The molecular formula is C2H7N2O2PS2. The first-order valence-electron chi connectivity index (χ1n) is 2.03. The molecule has 1 atom stereocenters. The number of nitrogens with zero attached hydrogens (tertiary/aromatic N) is 1. The van der Waals surface area contributed by atoms with Gasteiger partial charge in [-0.1, -0.05) is 0 Å². The van der Waals surface area contributed by atoms with Gasteiger partial charge in [0.2, 0.25) is 0 Å². The van der Waals surface area contributed by atoms with E-state index in [4.69, 9.17) is 10.2 Å². The molecule has 1 unspecified atom stereocenters. The fourth-order valence-electron chi connectivity index (χ4n) is 0.234. The second-order valence-electron chi connectivity index (χ2n) is 1.12. The highest BCUT2D eigenvalue weighted by Gasteiger charge is 2.06. The molecule has 3 N–H and O–H groups in total. The summed E-state index contributed by atoms with van der Waals surface area (Å²) in [6.45, 7) is 0. The number of hydrogen-bond donors (Lipinski definition) is 2. The number of hydrogen-bond acceptors (Lipinski definition) is 4. The van der Waals surface area contributed by atoms with E-state index >= 15 is 0 Å². The first-order valence-corrected chi connectivity index (χ1v) is 5.57. The van der Waals surface area contributed by atoms with Crippen molar-refractivity contribution in [3.63, 3.8) is 0 Å². The van der Waals surface area contributed by atoms with Crippen molar-refractivity contribution in [3.8, 4) is 0 Å². The highest BCUT2D eigenvalue weighted by molar-refractivity contribution is 7.98. The Balaban J connectivity index is 3.67. The lowest BCUT2D eigenvalue weighted by molar-refractivity contribution is 0.179. The van der Waals surface area contributed by atoms with E-state index in [1.165, 1.54) is 0 Å². The van der Waals surface area contributed by atoms with Crippen molar-refractivity contribution in [1.29, 1.82) is 0 Å². The molecule has 0 bridgehead atoms. The summed E-state index contributed by atoms with van der Waals surface area (Å²) in [5.74, 6) is 0. The predicted octanol–water partition coefficient (Wildman–Crippen LogP) is 0.319. The summed E-state index contributed by atoms with van der Waals surface area (Å²) in [6, 6.07) is 0. The van der Waals surface area contributed by atoms with Gasteiger partial charge in [-0.25, -0.2) is 9.10 Å². The first kappa shape index (κ1) is 9.23. The standard InChI is InChI=1S/C2H7N2O2PS2/c3-9-4(1-7-8)2(5)6/h1,3,7H2,(H,5,6). The van der Waals surface area contributed by atoms with Crippen LogP contribution in [0.15, 0.2) is 0 Å². The second kappa shape index (κ2) is 5.05. The zero-order chi connectivity index (χ0) is 7.28. The van der Waals surface area contributed by atoms with Gasteiger partial charge in [0.05, 0.1) is 6.29 Å². The molecule has 0 aromatic rings. The topological polar surface area (TPSA) is 66.6 Å².